The van der Waals surface area contributed by atoms with E-state index in [-0.39, 0.29) is 6.10 Å². The van der Waals surface area contributed by atoms with Crippen molar-refractivity contribution in [2.75, 3.05) is 27.7 Å². The molecular weight excluding hydrogens is 230 g/mol. The van der Waals surface area contributed by atoms with Crippen LogP contribution in [0.25, 0.3) is 0 Å². The predicted octanol–water partition coefficient (Wildman–Crippen LogP) is 1.03. The Morgan fingerprint density at radius 3 is 1.50 bits per heavy atom. The number of rotatable bonds is 6. The van der Waals surface area contributed by atoms with Gasteiger partial charge in [0.2, 0.25) is 0 Å². The highest BCUT2D eigenvalue weighted by atomic mass is 16.4. The highest BCUT2D eigenvalue weighted by molar-refractivity contribution is 5.72. The van der Waals surface area contributed by atoms with Crippen molar-refractivity contribution in [3.8, 4) is 0 Å². The zero-order chi connectivity index (χ0) is 15.0. The largest absolute Gasteiger partial charge is 0.550 e. The second kappa shape index (κ2) is 8.48. The first kappa shape index (κ1) is 19.7. The molecule has 1 unspecified atom stereocenters. The number of carboxylic acid groups (broad SMARTS) is 1. The third-order valence-corrected chi connectivity index (χ3v) is 3.28. The Bertz CT molecular complexity index is 219. The van der Waals surface area contributed by atoms with Crippen molar-refractivity contribution in [3.63, 3.8) is 0 Å². The summed E-state index contributed by atoms with van der Waals surface area (Å²) in [5.74, 6) is -0.903. The van der Waals surface area contributed by atoms with Crippen molar-refractivity contribution >= 4 is 5.97 Å². The van der Waals surface area contributed by atoms with E-state index in [0.717, 1.165) is 11.0 Å². The molecule has 0 heterocycles. The van der Waals surface area contributed by atoms with E-state index >= 15 is 0 Å². The van der Waals surface area contributed by atoms with Gasteiger partial charge in [-0.05, 0) is 26.2 Å². The second-order valence-corrected chi connectivity index (χ2v) is 5.95. The summed E-state index contributed by atoms with van der Waals surface area (Å²) in [5.41, 5.74) is -0.569. The molecule has 0 aromatic heterocycles. The van der Waals surface area contributed by atoms with E-state index in [2.05, 4.69) is 21.1 Å². The number of aliphatic carboxylic acids is 1. The number of aliphatic hydroxyl groups excluding tert-OH is 1. The molecule has 0 aromatic carbocycles. The number of likely N-dealkylation sites (N-methyl/N-ethyl adjacent to an activating group) is 1. The van der Waals surface area contributed by atoms with Crippen LogP contribution in [0.2, 0.25) is 0 Å². The van der Waals surface area contributed by atoms with E-state index in [1.54, 1.807) is 0 Å². The van der Waals surface area contributed by atoms with Crippen LogP contribution >= 0.6 is 0 Å². The molecular formula is C14H31NO3. The van der Waals surface area contributed by atoms with E-state index in [9.17, 15) is 9.90 Å². The molecule has 0 bridgehead atoms. The van der Waals surface area contributed by atoms with Gasteiger partial charge in [-0.2, -0.15) is 0 Å². The molecule has 0 saturated carbocycles. The molecule has 0 aromatic rings. The molecule has 0 spiro atoms. The molecule has 0 aliphatic heterocycles. The number of aliphatic hydroxyl groups is 1. The third kappa shape index (κ3) is 8.48. The van der Waals surface area contributed by atoms with Crippen molar-refractivity contribution in [1.82, 2.24) is 0 Å². The molecule has 0 rings (SSSR count). The summed E-state index contributed by atoms with van der Waals surface area (Å²) in [7, 11) is 6.19. The van der Waals surface area contributed by atoms with Gasteiger partial charge >= 0.3 is 0 Å². The highest BCUT2D eigenvalue weighted by Gasteiger charge is 2.24. The third-order valence-electron chi connectivity index (χ3n) is 3.28. The van der Waals surface area contributed by atoms with Crippen molar-refractivity contribution in [3.05, 3.63) is 0 Å². The zero-order valence-electron chi connectivity index (χ0n) is 13.1. The molecule has 0 saturated heterocycles. The Labute approximate surface area is 112 Å². The van der Waals surface area contributed by atoms with E-state index in [4.69, 9.17) is 5.11 Å². The minimum absolute atomic E-state index is 0.185. The minimum atomic E-state index is -0.903. The van der Waals surface area contributed by atoms with E-state index in [0.29, 0.717) is 19.3 Å². The first-order valence-corrected chi connectivity index (χ1v) is 6.74. The fourth-order valence-electron chi connectivity index (χ4n) is 1.98. The fraction of sp³-hybridized carbons (Fsp3) is 0.929. The molecule has 18 heavy (non-hydrogen) atoms. The maximum Gasteiger partial charge on any atom is 0.104 e. The summed E-state index contributed by atoms with van der Waals surface area (Å²) in [5, 5.41) is 19.5. The van der Waals surface area contributed by atoms with E-state index in [1.165, 1.54) is 0 Å². The summed E-state index contributed by atoms with van der Waals surface area (Å²) in [6, 6.07) is 0. The van der Waals surface area contributed by atoms with Gasteiger partial charge in [0.1, 0.15) is 12.6 Å². The lowest BCUT2D eigenvalue weighted by Gasteiger charge is -2.31. The Morgan fingerprint density at radius 2 is 1.50 bits per heavy atom. The Balaban J connectivity index is 0. The van der Waals surface area contributed by atoms with Crippen LogP contribution in [0.4, 0.5) is 0 Å². The standard InChI is InChI=1S/C8H16O2.C6H16NO/c1-4-8(5-2,6-3)7(9)10;1-6(8)5-7(2,3)4/h4-6H2,1-3H3,(H,9,10);6,8H,5H2,1-4H3/q;+1/p-1. The van der Waals surface area contributed by atoms with Gasteiger partial charge in [0, 0.05) is 11.4 Å². The first-order valence-electron chi connectivity index (χ1n) is 6.74. The lowest BCUT2D eigenvalue weighted by Crippen LogP contribution is -2.41. The molecule has 1 atom stereocenters. The maximum absolute atomic E-state index is 10.6. The normalized spacial score (nSPS) is 13.6. The Hall–Kier alpha value is -0.610. The van der Waals surface area contributed by atoms with Crippen molar-refractivity contribution < 1.29 is 19.5 Å². The van der Waals surface area contributed by atoms with Crippen LogP contribution in [0.15, 0.2) is 0 Å². The van der Waals surface area contributed by atoms with Crippen molar-refractivity contribution in [2.24, 2.45) is 5.41 Å². The average Bonchev–Trinajstić information content (AvgIpc) is 2.17. The van der Waals surface area contributed by atoms with Crippen LogP contribution in [-0.4, -0.2) is 49.4 Å². The predicted molar refractivity (Wildman–Crippen MR) is 72.9 cm³/mol. The molecule has 0 radical (unpaired) electrons. The molecule has 110 valence electrons. The summed E-state index contributed by atoms with van der Waals surface area (Å²) < 4.78 is 0.831. The topological polar surface area (TPSA) is 60.4 Å². The lowest BCUT2D eigenvalue weighted by molar-refractivity contribution is -0.873. The molecule has 4 nitrogen and oxygen atoms in total. The number of quaternary nitrogens is 1. The smallest absolute Gasteiger partial charge is 0.104 e. The number of carbonyl (C=O) groups is 1. The van der Waals surface area contributed by atoms with Gasteiger partial charge in [0.25, 0.3) is 0 Å². The average molecular weight is 261 g/mol. The quantitative estimate of drug-likeness (QED) is 0.726. The molecule has 4 heteroatoms. The number of hydrogen-bond acceptors (Lipinski definition) is 3. The van der Waals surface area contributed by atoms with E-state index in [1.807, 2.05) is 27.7 Å². The molecule has 0 amide bonds. The second-order valence-electron chi connectivity index (χ2n) is 5.95. The summed E-state index contributed by atoms with van der Waals surface area (Å²) in [6.45, 7) is 8.30. The van der Waals surface area contributed by atoms with Crippen molar-refractivity contribution in [1.29, 1.82) is 0 Å². The number of nitrogens with zero attached hydrogens (tertiary/aromatic N) is 1. The Kier molecular flexibility index (Phi) is 9.30. The van der Waals surface area contributed by atoms with Gasteiger partial charge in [0.05, 0.1) is 21.1 Å². The van der Waals surface area contributed by atoms with Crippen LogP contribution in [0, 0.1) is 5.41 Å². The molecule has 0 aliphatic carbocycles. The summed E-state index contributed by atoms with van der Waals surface area (Å²) in [4.78, 5) is 10.6. The van der Waals surface area contributed by atoms with Crippen LogP contribution in [0.1, 0.15) is 47.0 Å². The van der Waals surface area contributed by atoms with Crippen molar-refractivity contribution in [2.45, 2.75) is 53.1 Å². The maximum atomic E-state index is 10.6. The lowest BCUT2D eigenvalue weighted by atomic mass is 9.80. The van der Waals surface area contributed by atoms with Crippen LogP contribution in [0.5, 0.6) is 0 Å². The SMILES string of the molecule is CC(O)C[N+](C)(C)C.CCC(CC)(CC)C(=O)[O-]. The number of hydrogen-bond donors (Lipinski definition) is 1. The van der Waals surface area contributed by atoms with Gasteiger partial charge in [-0.25, -0.2) is 0 Å². The van der Waals surface area contributed by atoms with Gasteiger partial charge in [0.15, 0.2) is 0 Å². The summed E-state index contributed by atoms with van der Waals surface area (Å²) in [6.07, 6.45) is 1.82. The van der Waals surface area contributed by atoms with Gasteiger partial charge in [-0.3, -0.25) is 0 Å². The minimum Gasteiger partial charge on any atom is -0.550 e. The monoisotopic (exact) mass is 261 g/mol. The number of carbonyl (C=O) groups excluding carboxylic acids is 1. The highest BCUT2D eigenvalue weighted by Crippen LogP contribution is 2.28. The van der Waals surface area contributed by atoms with Crippen LogP contribution in [0.3, 0.4) is 0 Å². The van der Waals surface area contributed by atoms with E-state index < -0.39 is 11.4 Å². The zero-order valence-corrected chi connectivity index (χ0v) is 13.1. The van der Waals surface area contributed by atoms with Gasteiger partial charge < -0.3 is 19.5 Å². The molecule has 1 N–H and O–H groups in total. The fourth-order valence-corrected chi connectivity index (χ4v) is 1.98. The van der Waals surface area contributed by atoms with Gasteiger partial charge in [-0.1, -0.05) is 20.8 Å². The Morgan fingerprint density at radius 1 is 1.17 bits per heavy atom. The number of carboxylic acids is 1. The first-order chi connectivity index (χ1) is 8.04. The van der Waals surface area contributed by atoms with Gasteiger partial charge in [-0.15, -0.1) is 0 Å². The molecule has 0 aliphatic rings. The summed E-state index contributed by atoms with van der Waals surface area (Å²) >= 11 is 0. The molecule has 0 fully saturated rings. The van der Waals surface area contributed by atoms with Crippen LogP contribution in [-0.2, 0) is 4.79 Å². The van der Waals surface area contributed by atoms with Crippen LogP contribution < -0.4 is 5.11 Å².